The van der Waals surface area contributed by atoms with Crippen molar-refractivity contribution in [3.8, 4) is 0 Å². The molecular formula is C13H16N6O3. The lowest BCUT2D eigenvalue weighted by Gasteiger charge is -2.22. The van der Waals surface area contributed by atoms with Crippen LogP contribution >= 0.6 is 0 Å². The Labute approximate surface area is 126 Å². The number of amides is 3. The van der Waals surface area contributed by atoms with E-state index in [1.807, 2.05) is 0 Å². The predicted octanol–water partition coefficient (Wildman–Crippen LogP) is -1.69. The van der Waals surface area contributed by atoms with Gasteiger partial charge in [-0.25, -0.2) is 5.84 Å². The van der Waals surface area contributed by atoms with Gasteiger partial charge in [0, 0.05) is 12.0 Å². The van der Waals surface area contributed by atoms with E-state index in [0.717, 1.165) is 0 Å². The van der Waals surface area contributed by atoms with E-state index in [1.54, 1.807) is 24.3 Å². The molecule has 3 amide bonds. The number of carbonyl (C=O) groups excluding carboxylic acids is 3. The number of nitrogens with one attached hydrogen (secondary N) is 3. The van der Waals surface area contributed by atoms with Gasteiger partial charge < -0.3 is 16.6 Å². The van der Waals surface area contributed by atoms with Crippen LogP contribution < -0.4 is 27.7 Å². The van der Waals surface area contributed by atoms with E-state index in [2.05, 4.69) is 21.2 Å². The number of nitrogens with zero attached hydrogens (tertiary/aromatic N) is 1. The quantitative estimate of drug-likeness (QED) is 0.148. The minimum Gasteiger partial charge on any atom is -0.340 e. The smallest absolute Gasteiger partial charge is 0.252 e. The standard InChI is InChI=1S/C13H16N6O3/c14-18-11(19-15)7-3-1-2-4-8(7)12(21)16-9-5-6-10(20)17-13(9)22/h1-4,9H,5-6,14-15H2,(H,16,21)(H,18,19)(H,17,20,22). The van der Waals surface area contributed by atoms with E-state index >= 15 is 0 Å². The zero-order valence-electron chi connectivity index (χ0n) is 11.6. The minimum absolute atomic E-state index is 0.133. The molecule has 9 heteroatoms. The summed E-state index contributed by atoms with van der Waals surface area (Å²) in [6.45, 7) is 0. The molecule has 1 atom stereocenters. The molecule has 7 N–H and O–H groups in total. The molecule has 1 aromatic carbocycles. The van der Waals surface area contributed by atoms with Gasteiger partial charge in [0.1, 0.15) is 6.04 Å². The third-order valence-electron chi connectivity index (χ3n) is 3.24. The second kappa shape index (κ2) is 6.68. The van der Waals surface area contributed by atoms with E-state index < -0.39 is 17.9 Å². The lowest BCUT2D eigenvalue weighted by atomic mass is 10.0. The molecule has 1 unspecified atom stereocenters. The highest BCUT2D eigenvalue weighted by Gasteiger charge is 2.28. The van der Waals surface area contributed by atoms with Crippen molar-refractivity contribution in [1.29, 1.82) is 0 Å². The molecule has 0 bridgehead atoms. The number of piperidine rings is 1. The topological polar surface area (TPSA) is 152 Å². The van der Waals surface area contributed by atoms with Crippen LogP contribution in [0.2, 0.25) is 0 Å². The van der Waals surface area contributed by atoms with Crippen molar-refractivity contribution in [3.05, 3.63) is 35.4 Å². The number of hydrazine groups is 1. The molecule has 1 fully saturated rings. The number of amidine groups is 1. The van der Waals surface area contributed by atoms with Crippen LogP contribution in [0, 0.1) is 0 Å². The van der Waals surface area contributed by atoms with Gasteiger partial charge in [-0.1, -0.05) is 18.2 Å². The average Bonchev–Trinajstić information content (AvgIpc) is 2.52. The molecule has 0 saturated carbocycles. The molecule has 1 aromatic rings. The number of hydrazone groups is 1. The van der Waals surface area contributed by atoms with Crippen molar-refractivity contribution in [2.75, 3.05) is 0 Å². The van der Waals surface area contributed by atoms with Gasteiger partial charge in [0.2, 0.25) is 11.8 Å². The summed E-state index contributed by atoms with van der Waals surface area (Å²) in [5.41, 5.74) is 2.96. The Morgan fingerprint density at radius 1 is 1.27 bits per heavy atom. The van der Waals surface area contributed by atoms with Crippen molar-refractivity contribution in [3.63, 3.8) is 0 Å². The van der Waals surface area contributed by atoms with Crippen LogP contribution in [0.3, 0.4) is 0 Å². The zero-order valence-corrected chi connectivity index (χ0v) is 11.6. The molecule has 0 radical (unpaired) electrons. The molecule has 9 nitrogen and oxygen atoms in total. The Morgan fingerprint density at radius 3 is 2.55 bits per heavy atom. The second-order valence-corrected chi connectivity index (χ2v) is 4.64. The van der Waals surface area contributed by atoms with Crippen molar-refractivity contribution in [2.45, 2.75) is 18.9 Å². The summed E-state index contributed by atoms with van der Waals surface area (Å²) in [5.74, 6) is 9.31. The highest BCUT2D eigenvalue weighted by molar-refractivity contribution is 6.10. The number of carbonyl (C=O) groups is 3. The lowest BCUT2D eigenvalue weighted by molar-refractivity contribution is -0.134. The molecule has 0 aromatic heterocycles. The third kappa shape index (κ3) is 3.20. The summed E-state index contributed by atoms with van der Waals surface area (Å²) < 4.78 is 0. The Bertz CT molecular complexity index is 642. The van der Waals surface area contributed by atoms with Crippen LogP contribution in [-0.2, 0) is 9.59 Å². The van der Waals surface area contributed by atoms with Crippen molar-refractivity contribution >= 4 is 23.6 Å². The average molecular weight is 304 g/mol. The summed E-state index contributed by atoms with van der Waals surface area (Å²) in [5, 5.41) is 8.23. The van der Waals surface area contributed by atoms with Crippen molar-refractivity contribution in [2.24, 2.45) is 16.8 Å². The first-order valence-electron chi connectivity index (χ1n) is 6.55. The Morgan fingerprint density at radius 2 is 1.95 bits per heavy atom. The maximum absolute atomic E-state index is 12.4. The molecule has 1 aliphatic heterocycles. The van der Waals surface area contributed by atoms with E-state index in [0.29, 0.717) is 5.56 Å². The maximum atomic E-state index is 12.4. The molecule has 0 aliphatic carbocycles. The molecule has 1 saturated heterocycles. The summed E-state index contributed by atoms with van der Waals surface area (Å²) in [6.07, 6.45) is 0.434. The van der Waals surface area contributed by atoms with Crippen LogP contribution in [0.1, 0.15) is 28.8 Å². The third-order valence-corrected chi connectivity index (χ3v) is 3.24. The molecule has 0 spiro atoms. The van der Waals surface area contributed by atoms with Crippen molar-refractivity contribution in [1.82, 2.24) is 16.1 Å². The van der Waals surface area contributed by atoms with Gasteiger partial charge >= 0.3 is 0 Å². The SMILES string of the molecule is N/N=C(\NN)c1ccccc1C(=O)NC1CCC(=O)NC1=O. The second-order valence-electron chi connectivity index (χ2n) is 4.64. The van der Waals surface area contributed by atoms with Crippen LogP contribution in [0.5, 0.6) is 0 Å². The molecular weight excluding hydrogens is 288 g/mol. The Hall–Kier alpha value is -2.94. The van der Waals surface area contributed by atoms with Gasteiger partial charge in [-0.2, -0.15) is 5.10 Å². The van der Waals surface area contributed by atoms with E-state index in [-0.39, 0.29) is 30.1 Å². The molecule has 1 heterocycles. The Kier molecular flexibility index (Phi) is 4.69. The van der Waals surface area contributed by atoms with Crippen LogP contribution in [0.4, 0.5) is 0 Å². The summed E-state index contributed by atoms with van der Waals surface area (Å²) in [6, 6.07) is 5.76. The number of benzene rings is 1. The summed E-state index contributed by atoms with van der Waals surface area (Å²) in [4.78, 5) is 35.1. The highest BCUT2D eigenvalue weighted by atomic mass is 16.2. The maximum Gasteiger partial charge on any atom is 0.252 e. The van der Waals surface area contributed by atoms with E-state index in [1.165, 1.54) is 0 Å². The first-order chi connectivity index (χ1) is 10.6. The highest BCUT2D eigenvalue weighted by Crippen LogP contribution is 2.11. The molecule has 2 rings (SSSR count). The molecule has 1 aliphatic rings. The largest absolute Gasteiger partial charge is 0.340 e. The molecule has 116 valence electrons. The lowest BCUT2D eigenvalue weighted by Crippen LogP contribution is -2.52. The fourth-order valence-electron chi connectivity index (χ4n) is 2.14. The fourth-order valence-corrected chi connectivity index (χ4v) is 2.14. The number of hydrogen-bond donors (Lipinski definition) is 5. The van der Waals surface area contributed by atoms with Gasteiger partial charge in [0.15, 0.2) is 5.84 Å². The number of nitrogens with two attached hydrogens (primary N) is 2. The zero-order chi connectivity index (χ0) is 16.1. The van der Waals surface area contributed by atoms with Gasteiger partial charge in [-0.05, 0) is 12.5 Å². The predicted molar refractivity (Wildman–Crippen MR) is 78.1 cm³/mol. The fraction of sp³-hybridized carbons (Fsp3) is 0.231. The monoisotopic (exact) mass is 304 g/mol. The van der Waals surface area contributed by atoms with E-state index in [9.17, 15) is 14.4 Å². The van der Waals surface area contributed by atoms with Crippen LogP contribution in [0.15, 0.2) is 29.4 Å². The van der Waals surface area contributed by atoms with Crippen LogP contribution in [-0.4, -0.2) is 29.6 Å². The Balaban J connectivity index is 2.20. The van der Waals surface area contributed by atoms with Gasteiger partial charge in [0.05, 0.1) is 5.56 Å². The normalized spacial score (nSPS) is 18.6. The number of imide groups is 1. The van der Waals surface area contributed by atoms with Crippen LogP contribution in [0.25, 0.3) is 0 Å². The van der Waals surface area contributed by atoms with Gasteiger partial charge in [0.25, 0.3) is 5.91 Å². The van der Waals surface area contributed by atoms with Gasteiger partial charge in [-0.3, -0.25) is 19.7 Å². The molecule has 22 heavy (non-hydrogen) atoms. The summed E-state index contributed by atoms with van der Waals surface area (Å²) >= 11 is 0. The number of hydrogen-bond acceptors (Lipinski definition) is 6. The number of rotatable bonds is 3. The first-order valence-corrected chi connectivity index (χ1v) is 6.55. The first kappa shape index (κ1) is 15.4. The van der Waals surface area contributed by atoms with E-state index in [4.69, 9.17) is 11.7 Å². The minimum atomic E-state index is -0.762. The summed E-state index contributed by atoms with van der Waals surface area (Å²) in [7, 11) is 0. The van der Waals surface area contributed by atoms with Gasteiger partial charge in [-0.15, -0.1) is 0 Å². The van der Waals surface area contributed by atoms with Crippen molar-refractivity contribution < 1.29 is 14.4 Å².